The molecule has 2 heterocycles. The van der Waals surface area contributed by atoms with Crippen molar-refractivity contribution in [3.8, 4) is 5.75 Å². The van der Waals surface area contributed by atoms with Crippen LogP contribution in [0.5, 0.6) is 5.75 Å². The van der Waals surface area contributed by atoms with E-state index in [0.29, 0.717) is 5.75 Å². The molecule has 2 atom stereocenters. The Morgan fingerprint density at radius 3 is 2.40 bits per heavy atom. The van der Waals surface area contributed by atoms with E-state index in [1.807, 2.05) is 12.1 Å². The van der Waals surface area contributed by atoms with Gasteiger partial charge in [0.15, 0.2) is 0 Å². The molecule has 3 heteroatoms. The van der Waals surface area contributed by atoms with E-state index in [-0.39, 0.29) is 0 Å². The summed E-state index contributed by atoms with van der Waals surface area (Å²) in [5.41, 5.74) is 1.33. The van der Waals surface area contributed by atoms with Crippen molar-refractivity contribution < 1.29 is 5.11 Å². The van der Waals surface area contributed by atoms with E-state index in [1.165, 1.54) is 37.8 Å². The molecular weight excluding hydrogens is 248 g/mol. The number of rotatable bonds is 5. The Kier molecular flexibility index (Phi) is 4.27. The molecule has 110 valence electrons. The van der Waals surface area contributed by atoms with Crippen LogP contribution < -0.4 is 5.32 Å². The summed E-state index contributed by atoms with van der Waals surface area (Å²) in [4.78, 5) is 2.74. The van der Waals surface area contributed by atoms with Crippen LogP contribution in [-0.2, 0) is 6.42 Å². The van der Waals surface area contributed by atoms with E-state index in [9.17, 15) is 5.11 Å². The second-order valence-electron chi connectivity index (χ2n) is 6.27. The van der Waals surface area contributed by atoms with Gasteiger partial charge in [-0.3, -0.25) is 4.90 Å². The predicted octanol–water partition coefficient (Wildman–Crippen LogP) is 2.54. The molecule has 0 aliphatic carbocycles. The zero-order valence-corrected chi connectivity index (χ0v) is 12.4. The van der Waals surface area contributed by atoms with E-state index >= 15 is 0 Å². The molecule has 2 aliphatic rings. The summed E-state index contributed by atoms with van der Waals surface area (Å²) in [6, 6.07) is 9.99. The van der Waals surface area contributed by atoms with Crippen molar-refractivity contribution in [2.24, 2.45) is 0 Å². The summed E-state index contributed by atoms with van der Waals surface area (Å²) in [5.74, 6) is 0.361. The van der Waals surface area contributed by atoms with Gasteiger partial charge >= 0.3 is 0 Å². The van der Waals surface area contributed by atoms with Crippen molar-refractivity contribution >= 4 is 0 Å². The number of piperidine rings is 1. The van der Waals surface area contributed by atoms with Crippen LogP contribution in [0, 0.1) is 0 Å². The van der Waals surface area contributed by atoms with Gasteiger partial charge in [0.05, 0.1) is 0 Å². The Labute approximate surface area is 122 Å². The van der Waals surface area contributed by atoms with Crippen LogP contribution in [0.25, 0.3) is 0 Å². The highest BCUT2D eigenvalue weighted by atomic mass is 16.3. The minimum Gasteiger partial charge on any atom is -0.508 e. The number of phenols is 1. The first-order chi connectivity index (χ1) is 9.76. The first kappa shape index (κ1) is 13.9. The average Bonchev–Trinajstić information content (AvgIpc) is 2.68. The lowest BCUT2D eigenvalue weighted by Gasteiger charge is -2.39. The zero-order valence-electron chi connectivity index (χ0n) is 12.4. The van der Waals surface area contributed by atoms with Crippen LogP contribution in [0.2, 0.25) is 0 Å². The van der Waals surface area contributed by atoms with E-state index in [2.05, 4.69) is 17.1 Å². The van der Waals surface area contributed by atoms with Crippen LogP contribution in [0.1, 0.15) is 38.2 Å². The molecule has 2 bridgehead atoms. The maximum Gasteiger partial charge on any atom is 0.115 e. The predicted molar refractivity (Wildman–Crippen MR) is 82.0 cm³/mol. The van der Waals surface area contributed by atoms with Gasteiger partial charge < -0.3 is 10.4 Å². The van der Waals surface area contributed by atoms with Crippen LogP contribution in [0.3, 0.4) is 0 Å². The minimum absolute atomic E-state index is 0.361. The molecule has 2 unspecified atom stereocenters. The van der Waals surface area contributed by atoms with Gasteiger partial charge in [0, 0.05) is 24.7 Å². The maximum absolute atomic E-state index is 9.33. The van der Waals surface area contributed by atoms with Gasteiger partial charge in [-0.05, 0) is 56.3 Å². The smallest absolute Gasteiger partial charge is 0.115 e. The van der Waals surface area contributed by atoms with E-state index < -0.39 is 0 Å². The number of hydrogen-bond donors (Lipinski definition) is 2. The number of phenolic OH excluding ortho intramolecular Hbond substituents is 1. The third kappa shape index (κ3) is 2.99. The van der Waals surface area contributed by atoms with Crippen molar-refractivity contribution in [1.82, 2.24) is 10.2 Å². The molecule has 0 amide bonds. The van der Waals surface area contributed by atoms with Crippen molar-refractivity contribution in [2.45, 2.75) is 57.2 Å². The molecule has 0 saturated carbocycles. The Morgan fingerprint density at radius 2 is 1.80 bits per heavy atom. The molecule has 0 spiro atoms. The highest BCUT2D eigenvalue weighted by molar-refractivity contribution is 5.26. The topological polar surface area (TPSA) is 35.5 Å². The van der Waals surface area contributed by atoms with Crippen molar-refractivity contribution in [3.63, 3.8) is 0 Å². The van der Waals surface area contributed by atoms with Crippen molar-refractivity contribution in [2.75, 3.05) is 13.1 Å². The molecule has 3 nitrogen and oxygen atoms in total. The number of aromatic hydroxyl groups is 1. The normalized spacial score (nSPS) is 29.8. The van der Waals surface area contributed by atoms with Gasteiger partial charge in [-0.15, -0.1) is 0 Å². The molecular formula is C17H26N2O. The van der Waals surface area contributed by atoms with E-state index in [0.717, 1.165) is 31.1 Å². The lowest BCUT2D eigenvalue weighted by atomic mass is 9.96. The highest BCUT2D eigenvalue weighted by Gasteiger charge is 2.39. The van der Waals surface area contributed by atoms with Crippen LogP contribution in [0.4, 0.5) is 0 Å². The van der Waals surface area contributed by atoms with Crippen LogP contribution >= 0.6 is 0 Å². The van der Waals surface area contributed by atoms with Gasteiger partial charge in [0.2, 0.25) is 0 Å². The number of hydrogen-bond acceptors (Lipinski definition) is 3. The number of fused-ring (bicyclic) bond motifs is 2. The lowest BCUT2D eigenvalue weighted by molar-refractivity contribution is 0.119. The standard InChI is InChI=1S/C17H26N2O/c1-2-18-14-11-15-5-6-16(12-14)19(15)10-9-13-3-7-17(20)8-4-13/h3-4,7-8,14-16,18,20H,2,5-6,9-12H2,1H3. The molecule has 2 N–H and O–H groups in total. The monoisotopic (exact) mass is 274 g/mol. The molecule has 3 rings (SSSR count). The summed E-state index contributed by atoms with van der Waals surface area (Å²) in [6.45, 7) is 4.47. The summed E-state index contributed by atoms with van der Waals surface area (Å²) in [5, 5.41) is 13.0. The molecule has 20 heavy (non-hydrogen) atoms. The van der Waals surface area contributed by atoms with E-state index in [1.54, 1.807) is 12.1 Å². The Bertz CT molecular complexity index is 417. The molecule has 2 saturated heterocycles. The fourth-order valence-corrected chi connectivity index (χ4v) is 4.02. The zero-order chi connectivity index (χ0) is 13.9. The average molecular weight is 274 g/mol. The van der Waals surface area contributed by atoms with Gasteiger partial charge in [0.25, 0.3) is 0 Å². The molecule has 2 aliphatic heterocycles. The lowest BCUT2D eigenvalue weighted by Crippen LogP contribution is -2.49. The molecule has 2 fully saturated rings. The first-order valence-electron chi connectivity index (χ1n) is 8.03. The fourth-order valence-electron chi connectivity index (χ4n) is 4.02. The fraction of sp³-hybridized carbons (Fsp3) is 0.647. The highest BCUT2D eigenvalue weighted by Crippen LogP contribution is 2.35. The largest absolute Gasteiger partial charge is 0.508 e. The third-order valence-corrected chi connectivity index (χ3v) is 4.97. The summed E-state index contributed by atoms with van der Waals surface area (Å²) in [7, 11) is 0. The third-order valence-electron chi connectivity index (χ3n) is 4.97. The summed E-state index contributed by atoms with van der Waals surface area (Å²) < 4.78 is 0. The summed E-state index contributed by atoms with van der Waals surface area (Å²) >= 11 is 0. The Morgan fingerprint density at radius 1 is 1.15 bits per heavy atom. The molecule has 0 aromatic heterocycles. The van der Waals surface area contributed by atoms with Gasteiger partial charge in [-0.2, -0.15) is 0 Å². The molecule has 1 aromatic rings. The number of nitrogens with one attached hydrogen (secondary N) is 1. The van der Waals surface area contributed by atoms with Crippen molar-refractivity contribution in [3.05, 3.63) is 29.8 Å². The van der Waals surface area contributed by atoms with Crippen LogP contribution in [-0.4, -0.2) is 41.2 Å². The maximum atomic E-state index is 9.33. The SMILES string of the molecule is CCNC1CC2CCC(C1)N2CCc1ccc(O)cc1. The van der Waals surface area contributed by atoms with E-state index in [4.69, 9.17) is 0 Å². The van der Waals surface area contributed by atoms with Crippen molar-refractivity contribution in [1.29, 1.82) is 0 Å². The number of nitrogens with zero attached hydrogens (tertiary/aromatic N) is 1. The van der Waals surface area contributed by atoms with Crippen LogP contribution in [0.15, 0.2) is 24.3 Å². The van der Waals surface area contributed by atoms with Gasteiger partial charge in [-0.1, -0.05) is 19.1 Å². The summed E-state index contributed by atoms with van der Waals surface area (Å²) in [6.07, 6.45) is 6.49. The molecule has 1 aromatic carbocycles. The van der Waals surface area contributed by atoms with Gasteiger partial charge in [0.1, 0.15) is 5.75 Å². The quantitative estimate of drug-likeness (QED) is 0.866. The Balaban J connectivity index is 1.55. The minimum atomic E-state index is 0.361. The second-order valence-corrected chi connectivity index (χ2v) is 6.27. The molecule has 0 radical (unpaired) electrons. The second kappa shape index (κ2) is 6.15. The number of benzene rings is 1. The van der Waals surface area contributed by atoms with Gasteiger partial charge in [-0.25, -0.2) is 0 Å². The Hall–Kier alpha value is -1.06. The first-order valence-corrected chi connectivity index (χ1v) is 8.03.